The Hall–Kier alpha value is -5.43. The second-order valence-corrected chi connectivity index (χ2v) is 16.0. The Balaban J connectivity index is 1.22. The van der Waals surface area contributed by atoms with E-state index in [1.54, 1.807) is 36.4 Å². The van der Waals surface area contributed by atoms with Gasteiger partial charge < -0.3 is 23.7 Å². The maximum atomic E-state index is 13.2. The SMILES string of the molecule is CCC(C)(CC(C)(C)C(=O)OCCCCCCOc1ccc(/C=C/C(=O)OC)cc1)C(=O)OCCCCCCCCOc1ccc(/C(C#N)=C/c2ccc(CF)cc2)cc1. The van der Waals surface area contributed by atoms with Crippen LogP contribution in [0.15, 0.2) is 78.9 Å². The molecule has 0 aliphatic carbocycles. The smallest absolute Gasteiger partial charge is 0.330 e. The summed E-state index contributed by atoms with van der Waals surface area (Å²) in [6.45, 7) is 8.87. The van der Waals surface area contributed by atoms with Gasteiger partial charge in [-0.1, -0.05) is 69.0 Å². The van der Waals surface area contributed by atoms with Crippen LogP contribution in [0.4, 0.5) is 4.39 Å². The van der Waals surface area contributed by atoms with Crippen molar-refractivity contribution in [3.63, 3.8) is 0 Å². The number of allylic oxidation sites excluding steroid dienone is 1. The summed E-state index contributed by atoms with van der Waals surface area (Å²) >= 11 is 0. The van der Waals surface area contributed by atoms with Crippen molar-refractivity contribution in [2.24, 2.45) is 10.8 Å². The normalized spacial score (nSPS) is 12.7. The van der Waals surface area contributed by atoms with Crippen molar-refractivity contribution in [3.8, 4) is 17.6 Å². The Morgan fingerprint density at radius 2 is 1.15 bits per heavy atom. The minimum Gasteiger partial charge on any atom is -0.494 e. The van der Waals surface area contributed by atoms with Crippen molar-refractivity contribution in [2.75, 3.05) is 33.5 Å². The number of nitrogens with zero attached hydrogens (tertiary/aromatic N) is 1. The third-order valence-corrected chi connectivity index (χ3v) is 10.5. The fraction of sp³-hybridized carbons (Fsp3) is 0.480. The summed E-state index contributed by atoms with van der Waals surface area (Å²) in [6, 6.07) is 24.2. The van der Waals surface area contributed by atoms with E-state index in [0.717, 1.165) is 92.4 Å². The van der Waals surface area contributed by atoms with Crippen molar-refractivity contribution in [1.29, 1.82) is 5.26 Å². The number of esters is 3. The largest absolute Gasteiger partial charge is 0.494 e. The van der Waals surface area contributed by atoms with Crippen molar-refractivity contribution in [2.45, 2.75) is 111 Å². The first-order valence-electron chi connectivity index (χ1n) is 21.3. The summed E-state index contributed by atoms with van der Waals surface area (Å²) in [5.74, 6) is 0.545. The number of ether oxygens (including phenoxy) is 5. The van der Waals surface area contributed by atoms with Gasteiger partial charge in [0.15, 0.2) is 0 Å². The van der Waals surface area contributed by atoms with E-state index in [-0.39, 0.29) is 11.9 Å². The summed E-state index contributed by atoms with van der Waals surface area (Å²) in [4.78, 5) is 37.5. The summed E-state index contributed by atoms with van der Waals surface area (Å²) in [7, 11) is 1.34. The van der Waals surface area contributed by atoms with E-state index in [0.29, 0.717) is 50.4 Å². The number of unbranched alkanes of at least 4 members (excludes halogenated alkanes) is 8. The summed E-state index contributed by atoms with van der Waals surface area (Å²) < 4.78 is 40.5. The first kappa shape index (κ1) is 48.9. The molecule has 0 saturated carbocycles. The molecule has 3 rings (SSSR count). The van der Waals surface area contributed by atoms with Crippen molar-refractivity contribution in [1.82, 2.24) is 0 Å². The fourth-order valence-corrected chi connectivity index (χ4v) is 6.63. The Bertz CT molecular complexity index is 1840. The number of carbonyl (C=O) groups excluding carboxylic acids is 3. The topological polar surface area (TPSA) is 121 Å². The maximum Gasteiger partial charge on any atom is 0.330 e. The Morgan fingerprint density at radius 3 is 1.65 bits per heavy atom. The van der Waals surface area contributed by atoms with Crippen molar-refractivity contribution < 1.29 is 42.5 Å². The maximum absolute atomic E-state index is 13.2. The highest BCUT2D eigenvalue weighted by atomic mass is 19.1. The lowest BCUT2D eigenvalue weighted by Gasteiger charge is -2.33. The van der Waals surface area contributed by atoms with Gasteiger partial charge in [0.2, 0.25) is 0 Å². The van der Waals surface area contributed by atoms with Gasteiger partial charge in [0.05, 0.1) is 56.0 Å². The van der Waals surface area contributed by atoms with Crippen LogP contribution >= 0.6 is 0 Å². The monoisotopic (exact) mass is 825 g/mol. The third-order valence-electron chi connectivity index (χ3n) is 10.5. The molecule has 324 valence electrons. The lowest BCUT2D eigenvalue weighted by atomic mass is 9.72. The van der Waals surface area contributed by atoms with E-state index in [4.69, 9.17) is 18.9 Å². The van der Waals surface area contributed by atoms with Gasteiger partial charge in [-0.15, -0.1) is 0 Å². The van der Waals surface area contributed by atoms with Crippen LogP contribution in [-0.2, 0) is 35.3 Å². The minimum atomic E-state index is -0.833. The predicted molar refractivity (Wildman–Crippen MR) is 235 cm³/mol. The van der Waals surface area contributed by atoms with Gasteiger partial charge in [-0.25, -0.2) is 9.18 Å². The quantitative estimate of drug-likeness (QED) is 0.0176. The van der Waals surface area contributed by atoms with Crippen LogP contribution < -0.4 is 9.47 Å². The number of halogens is 1. The van der Waals surface area contributed by atoms with Crippen LogP contribution in [0.5, 0.6) is 11.5 Å². The van der Waals surface area contributed by atoms with Crippen LogP contribution in [0, 0.1) is 22.2 Å². The number of rotatable bonds is 28. The van der Waals surface area contributed by atoms with E-state index in [9.17, 15) is 24.0 Å². The summed E-state index contributed by atoms with van der Waals surface area (Å²) in [5.41, 5.74) is 2.02. The first-order chi connectivity index (χ1) is 28.9. The molecule has 0 aliphatic heterocycles. The van der Waals surface area contributed by atoms with Gasteiger partial charge >= 0.3 is 17.9 Å². The molecule has 3 aromatic rings. The number of benzene rings is 3. The highest BCUT2D eigenvalue weighted by Crippen LogP contribution is 2.38. The molecule has 0 spiro atoms. The predicted octanol–water partition coefficient (Wildman–Crippen LogP) is 11.7. The van der Waals surface area contributed by atoms with Crippen LogP contribution in [-0.4, -0.2) is 51.4 Å². The van der Waals surface area contributed by atoms with Gasteiger partial charge in [0.1, 0.15) is 18.2 Å². The lowest BCUT2D eigenvalue weighted by molar-refractivity contribution is -0.163. The van der Waals surface area contributed by atoms with Gasteiger partial charge in [-0.05, 0) is 143 Å². The second-order valence-electron chi connectivity index (χ2n) is 16.0. The van der Waals surface area contributed by atoms with Crippen molar-refractivity contribution in [3.05, 3.63) is 101 Å². The number of methoxy groups -OCH3 is 1. The Kier molecular flexibility index (Phi) is 21.7. The highest BCUT2D eigenvalue weighted by molar-refractivity contribution is 5.89. The second kappa shape index (κ2) is 26.6. The number of nitriles is 1. The third kappa shape index (κ3) is 17.8. The molecule has 0 saturated heterocycles. The zero-order chi connectivity index (χ0) is 43.6. The molecule has 9 nitrogen and oxygen atoms in total. The number of carbonyl (C=O) groups is 3. The highest BCUT2D eigenvalue weighted by Gasteiger charge is 2.42. The zero-order valence-electron chi connectivity index (χ0n) is 36.3. The van der Waals surface area contributed by atoms with Gasteiger partial charge in [-0.2, -0.15) is 5.26 Å². The van der Waals surface area contributed by atoms with E-state index in [1.165, 1.54) is 13.2 Å². The first-order valence-corrected chi connectivity index (χ1v) is 21.3. The lowest BCUT2D eigenvalue weighted by Crippen LogP contribution is -2.38. The van der Waals surface area contributed by atoms with Crippen LogP contribution in [0.1, 0.15) is 127 Å². The number of hydrogen-bond acceptors (Lipinski definition) is 9. The average Bonchev–Trinajstić information content (AvgIpc) is 3.26. The average molecular weight is 826 g/mol. The summed E-state index contributed by atoms with van der Waals surface area (Å²) in [5, 5.41) is 9.66. The fourth-order valence-electron chi connectivity index (χ4n) is 6.63. The molecule has 3 aromatic carbocycles. The van der Waals surface area contributed by atoms with E-state index >= 15 is 0 Å². The molecule has 1 unspecified atom stereocenters. The van der Waals surface area contributed by atoms with Crippen LogP contribution in [0.3, 0.4) is 0 Å². The van der Waals surface area contributed by atoms with Gasteiger partial charge in [-0.3, -0.25) is 9.59 Å². The Morgan fingerprint density at radius 1 is 0.667 bits per heavy atom. The molecular weight excluding hydrogens is 762 g/mol. The van der Waals surface area contributed by atoms with E-state index in [2.05, 4.69) is 10.8 Å². The van der Waals surface area contributed by atoms with E-state index in [1.807, 2.05) is 76.2 Å². The van der Waals surface area contributed by atoms with Crippen molar-refractivity contribution >= 4 is 35.6 Å². The molecule has 0 heterocycles. The standard InChI is InChI=1S/C50H64FNO8/c1-6-50(4,38-49(2,3)47(54)59-33-16-12-11-14-32-57-44-26-21-39(22-27-44)23-30-46(53)56-5)48(55)60-34-15-10-8-7-9-13-31-58-45-28-24-42(25-29-45)43(37-52)35-40-17-19-41(36-51)20-18-40/h17-30,35H,6-16,31-34,36,38H2,1-5H3/b30-23+,43-35+. The molecule has 0 aliphatic rings. The Labute approximate surface area is 356 Å². The minimum absolute atomic E-state index is 0.269. The molecule has 10 heteroatoms. The molecule has 60 heavy (non-hydrogen) atoms. The van der Waals surface area contributed by atoms with E-state index < -0.39 is 23.5 Å². The molecule has 0 fully saturated rings. The molecular formula is C50H64FNO8. The van der Waals surface area contributed by atoms with Gasteiger partial charge in [0.25, 0.3) is 0 Å². The van der Waals surface area contributed by atoms with Gasteiger partial charge in [0, 0.05) is 6.08 Å². The number of alkyl halides is 1. The van der Waals surface area contributed by atoms with Crippen LogP contribution in [0.25, 0.3) is 17.7 Å². The molecule has 0 bridgehead atoms. The molecule has 0 aromatic heterocycles. The molecule has 0 N–H and O–H groups in total. The number of hydrogen-bond donors (Lipinski definition) is 0. The molecule has 0 amide bonds. The summed E-state index contributed by atoms with van der Waals surface area (Å²) in [6.07, 6.45) is 15.1. The zero-order valence-corrected chi connectivity index (χ0v) is 36.3. The molecule has 0 radical (unpaired) electrons. The van der Waals surface area contributed by atoms with Crippen LogP contribution in [0.2, 0.25) is 0 Å². The molecule has 1 atom stereocenters.